The molecule has 17 heavy (non-hydrogen) atoms. The van der Waals surface area contributed by atoms with Gasteiger partial charge in [-0.1, -0.05) is 12.1 Å². The highest BCUT2D eigenvalue weighted by Crippen LogP contribution is 2.36. The average molecular weight is 239 g/mol. The predicted molar refractivity (Wildman–Crippen MR) is 64.2 cm³/mol. The van der Waals surface area contributed by atoms with Crippen LogP contribution in [0.1, 0.15) is 26.2 Å². The van der Waals surface area contributed by atoms with Gasteiger partial charge in [0.05, 0.1) is 11.8 Å². The lowest BCUT2D eigenvalue weighted by Crippen LogP contribution is -2.47. The lowest BCUT2D eigenvalue weighted by atomic mass is 10.1. The molecule has 2 N–H and O–H groups in total. The van der Waals surface area contributed by atoms with Crippen molar-refractivity contribution in [3.05, 3.63) is 30.1 Å². The first-order chi connectivity index (χ1) is 8.07. The molecule has 0 aliphatic heterocycles. The van der Waals surface area contributed by atoms with Gasteiger partial charge >= 0.3 is 0 Å². The van der Waals surface area contributed by atoms with Crippen LogP contribution in [0.2, 0.25) is 0 Å². The van der Waals surface area contributed by atoms with Gasteiger partial charge < -0.3 is 15.1 Å². The van der Waals surface area contributed by atoms with Gasteiger partial charge in [0.2, 0.25) is 0 Å². The molecule has 1 aromatic rings. The molecule has 1 aliphatic carbocycles. The minimum atomic E-state index is -1.13. The van der Waals surface area contributed by atoms with Crippen LogP contribution >= 0.6 is 0 Å². The molecule has 0 amide bonds. The summed E-state index contributed by atoms with van der Waals surface area (Å²) in [6.45, 7) is 2.37. The van der Waals surface area contributed by atoms with Gasteiger partial charge in [0.15, 0.2) is 0 Å². The zero-order chi connectivity index (χ0) is 12.5. The Balaban J connectivity index is 2.31. The monoisotopic (exact) mass is 239 g/mol. The highest BCUT2D eigenvalue weighted by molar-refractivity contribution is 5.49. The number of rotatable bonds is 3. The van der Waals surface area contributed by atoms with E-state index in [2.05, 4.69) is 0 Å². The fourth-order valence-electron chi connectivity index (χ4n) is 2.58. The summed E-state index contributed by atoms with van der Waals surface area (Å²) in [5, 5.41) is 20.0. The maximum absolute atomic E-state index is 13.7. The van der Waals surface area contributed by atoms with Gasteiger partial charge in [-0.25, -0.2) is 4.39 Å². The molecule has 2 atom stereocenters. The predicted octanol–water partition coefficient (Wildman–Crippen LogP) is 1.89. The van der Waals surface area contributed by atoms with E-state index in [1.54, 1.807) is 23.1 Å². The molecule has 0 bridgehead atoms. The molecule has 0 aromatic heterocycles. The normalized spacial score (nSPS) is 28.4. The number of halogens is 1. The zero-order valence-corrected chi connectivity index (χ0v) is 9.93. The summed E-state index contributed by atoms with van der Waals surface area (Å²) in [4.78, 5) is 1.64. The van der Waals surface area contributed by atoms with Crippen LogP contribution in [0.5, 0.6) is 0 Å². The Morgan fingerprint density at radius 3 is 2.71 bits per heavy atom. The number of para-hydroxylation sites is 1. The van der Waals surface area contributed by atoms with Crippen molar-refractivity contribution in [2.45, 2.75) is 38.0 Å². The number of hydrogen-bond donors (Lipinski definition) is 2. The van der Waals surface area contributed by atoms with Crippen LogP contribution in [0, 0.1) is 5.82 Å². The van der Waals surface area contributed by atoms with Crippen molar-refractivity contribution >= 4 is 5.69 Å². The topological polar surface area (TPSA) is 43.7 Å². The van der Waals surface area contributed by atoms with Gasteiger partial charge in [0.1, 0.15) is 11.5 Å². The third-order valence-corrected chi connectivity index (χ3v) is 3.40. The molecule has 1 fully saturated rings. The van der Waals surface area contributed by atoms with Gasteiger partial charge in [-0.05, 0) is 31.9 Å². The number of anilines is 1. The van der Waals surface area contributed by atoms with Gasteiger partial charge in [-0.15, -0.1) is 0 Å². The van der Waals surface area contributed by atoms with E-state index in [0.29, 0.717) is 25.1 Å². The van der Waals surface area contributed by atoms with Crippen LogP contribution in [0.3, 0.4) is 0 Å². The van der Waals surface area contributed by atoms with E-state index in [-0.39, 0.29) is 12.2 Å². The smallest absolute Gasteiger partial charge is 0.146 e. The quantitative estimate of drug-likeness (QED) is 0.792. The summed E-state index contributed by atoms with van der Waals surface area (Å²) in [6.07, 6.45) is 0.799. The second kappa shape index (κ2) is 4.63. The molecular formula is C13H18FNO2. The fraction of sp³-hybridized carbons (Fsp3) is 0.538. The Labute approximate surface area is 100 Å². The minimum Gasteiger partial charge on any atom is -0.393 e. The van der Waals surface area contributed by atoms with Gasteiger partial charge in [-0.3, -0.25) is 0 Å². The van der Waals surface area contributed by atoms with Crippen molar-refractivity contribution in [1.82, 2.24) is 0 Å². The lowest BCUT2D eigenvalue weighted by molar-refractivity contribution is 0.0293. The van der Waals surface area contributed by atoms with E-state index in [4.69, 9.17) is 0 Å². The largest absolute Gasteiger partial charge is 0.393 e. The van der Waals surface area contributed by atoms with Crippen molar-refractivity contribution in [3.63, 3.8) is 0 Å². The standard InChI is InChI=1S/C13H18FNO2/c1-2-15(12-6-4-3-5-11(12)14)13(17)8-7-10(16)9-13/h3-6,10,16-17H,2,7-9H2,1H3. The Morgan fingerprint density at radius 1 is 1.47 bits per heavy atom. The second-order valence-corrected chi connectivity index (χ2v) is 4.57. The molecule has 1 saturated carbocycles. The molecular weight excluding hydrogens is 221 g/mol. The van der Waals surface area contributed by atoms with Crippen LogP contribution in [-0.2, 0) is 0 Å². The molecule has 0 saturated heterocycles. The van der Waals surface area contributed by atoms with Crippen molar-refractivity contribution < 1.29 is 14.6 Å². The maximum Gasteiger partial charge on any atom is 0.146 e. The Morgan fingerprint density at radius 2 is 2.18 bits per heavy atom. The first-order valence-electron chi connectivity index (χ1n) is 5.99. The first-order valence-corrected chi connectivity index (χ1v) is 5.99. The Kier molecular flexibility index (Phi) is 3.35. The molecule has 2 unspecified atom stereocenters. The molecule has 0 spiro atoms. The van der Waals surface area contributed by atoms with Crippen LogP contribution < -0.4 is 4.90 Å². The van der Waals surface area contributed by atoms with E-state index >= 15 is 0 Å². The van der Waals surface area contributed by atoms with E-state index < -0.39 is 11.8 Å². The molecule has 94 valence electrons. The summed E-state index contributed by atoms with van der Waals surface area (Å²) in [6, 6.07) is 6.41. The molecule has 1 aromatic carbocycles. The summed E-state index contributed by atoms with van der Waals surface area (Å²) in [5.41, 5.74) is -0.734. The van der Waals surface area contributed by atoms with E-state index in [0.717, 1.165) is 0 Å². The third-order valence-electron chi connectivity index (χ3n) is 3.40. The molecule has 4 heteroatoms. The number of hydrogen-bond acceptors (Lipinski definition) is 3. The zero-order valence-electron chi connectivity index (χ0n) is 9.93. The number of nitrogens with zero attached hydrogens (tertiary/aromatic N) is 1. The molecule has 2 rings (SSSR count). The average Bonchev–Trinajstić information content (AvgIpc) is 2.63. The van der Waals surface area contributed by atoms with E-state index in [1.807, 2.05) is 6.92 Å². The number of aliphatic hydroxyl groups excluding tert-OH is 1. The van der Waals surface area contributed by atoms with Gasteiger partial charge in [0.25, 0.3) is 0 Å². The maximum atomic E-state index is 13.7. The SMILES string of the molecule is CCN(c1ccccc1F)C1(O)CCC(O)C1. The van der Waals surface area contributed by atoms with E-state index in [1.165, 1.54) is 6.07 Å². The van der Waals surface area contributed by atoms with Crippen LogP contribution in [0.25, 0.3) is 0 Å². The second-order valence-electron chi connectivity index (χ2n) is 4.57. The van der Waals surface area contributed by atoms with Crippen molar-refractivity contribution in [1.29, 1.82) is 0 Å². The lowest BCUT2D eigenvalue weighted by Gasteiger charge is -2.38. The molecule has 0 radical (unpaired) electrons. The van der Waals surface area contributed by atoms with Crippen LogP contribution in [-0.4, -0.2) is 28.6 Å². The van der Waals surface area contributed by atoms with Crippen molar-refractivity contribution in [3.8, 4) is 0 Å². The van der Waals surface area contributed by atoms with E-state index in [9.17, 15) is 14.6 Å². The summed E-state index contributed by atoms with van der Waals surface area (Å²) >= 11 is 0. The molecule has 1 aliphatic rings. The van der Waals surface area contributed by atoms with Crippen LogP contribution in [0.15, 0.2) is 24.3 Å². The minimum absolute atomic E-state index is 0.273. The molecule has 0 heterocycles. The van der Waals surface area contributed by atoms with Gasteiger partial charge in [-0.2, -0.15) is 0 Å². The third kappa shape index (κ3) is 2.28. The highest BCUT2D eigenvalue weighted by atomic mass is 19.1. The Bertz CT molecular complexity index is 399. The summed E-state index contributed by atoms with van der Waals surface area (Å²) in [7, 11) is 0. The summed E-state index contributed by atoms with van der Waals surface area (Å²) in [5.74, 6) is -0.343. The fourth-order valence-corrected chi connectivity index (χ4v) is 2.58. The van der Waals surface area contributed by atoms with Gasteiger partial charge in [0, 0.05) is 13.0 Å². The summed E-state index contributed by atoms with van der Waals surface area (Å²) < 4.78 is 13.7. The van der Waals surface area contributed by atoms with Crippen molar-refractivity contribution in [2.75, 3.05) is 11.4 Å². The number of aliphatic hydroxyl groups is 2. The molecule has 3 nitrogen and oxygen atoms in total. The first kappa shape index (κ1) is 12.3. The highest BCUT2D eigenvalue weighted by Gasteiger charge is 2.41. The van der Waals surface area contributed by atoms with Crippen LogP contribution in [0.4, 0.5) is 10.1 Å². The number of benzene rings is 1. The van der Waals surface area contributed by atoms with Crippen molar-refractivity contribution in [2.24, 2.45) is 0 Å². The Hall–Kier alpha value is -1.13.